The summed E-state index contributed by atoms with van der Waals surface area (Å²) in [6, 6.07) is 11.8. The first-order chi connectivity index (χ1) is 9.36. The van der Waals surface area contributed by atoms with Gasteiger partial charge in [-0.2, -0.15) is 13.2 Å². The van der Waals surface area contributed by atoms with Gasteiger partial charge >= 0.3 is 6.18 Å². The molecule has 1 atom stereocenters. The molecule has 1 unspecified atom stereocenters. The quantitative estimate of drug-likeness (QED) is 0.880. The Morgan fingerprint density at radius 3 is 2.40 bits per heavy atom. The van der Waals surface area contributed by atoms with Crippen LogP contribution in [0.1, 0.15) is 22.7 Å². The Hall–Kier alpha value is -1.52. The lowest BCUT2D eigenvalue weighted by molar-refractivity contribution is -0.137. The summed E-state index contributed by atoms with van der Waals surface area (Å²) in [6.07, 6.45) is -4.01. The van der Waals surface area contributed by atoms with E-state index in [9.17, 15) is 13.2 Å². The SMILES string of the molecule is NC(Cc1cccc(C(F)(F)F)c1)c1cccc(Cl)c1. The fraction of sp³-hybridized carbons (Fsp3) is 0.200. The van der Waals surface area contributed by atoms with E-state index in [0.717, 1.165) is 17.7 Å². The molecule has 1 nitrogen and oxygen atoms in total. The van der Waals surface area contributed by atoms with Crippen LogP contribution in [0.15, 0.2) is 48.5 Å². The normalized spacial score (nSPS) is 13.2. The van der Waals surface area contributed by atoms with Crippen molar-refractivity contribution in [3.63, 3.8) is 0 Å². The summed E-state index contributed by atoms with van der Waals surface area (Å²) < 4.78 is 37.9. The summed E-state index contributed by atoms with van der Waals surface area (Å²) in [5, 5.41) is 0.557. The molecule has 0 aliphatic rings. The van der Waals surface area contributed by atoms with Crippen molar-refractivity contribution in [2.75, 3.05) is 0 Å². The molecule has 0 saturated heterocycles. The molecule has 2 aromatic carbocycles. The maximum Gasteiger partial charge on any atom is 0.416 e. The standard InChI is InChI=1S/C15H13ClF3N/c16-13-6-2-4-11(9-13)14(20)8-10-3-1-5-12(7-10)15(17,18)19/h1-7,9,14H,8,20H2. The van der Waals surface area contributed by atoms with E-state index in [1.807, 2.05) is 6.07 Å². The first-order valence-corrected chi connectivity index (χ1v) is 6.41. The molecule has 0 spiro atoms. The third-order valence-corrected chi connectivity index (χ3v) is 3.22. The molecule has 0 bridgehead atoms. The van der Waals surface area contributed by atoms with Crippen LogP contribution in [0, 0.1) is 0 Å². The van der Waals surface area contributed by atoms with Gasteiger partial charge in [0, 0.05) is 11.1 Å². The molecule has 0 aromatic heterocycles. The predicted molar refractivity (Wildman–Crippen MR) is 73.5 cm³/mol. The summed E-state index contributed by atoms with van der Waals surface area (Å²) in [7, 11) is 0. The lowest BCUT2D eigenvalue weighted by atomic mass is 9.98. The maximum absolute atomic E-state index is 12.6. The largest absolute Gasteiger partial charge is 0.416 e. The Balaban J connectivity index is 2.18. The zero-order chi connectivity index (χ0) is 14.8. The molecule has 0 aliphatic carbocycles. The van der Waals surface area contributed by atoms with Crippen molar-refractivity contribution in [3.05, 3.63) is 70.2 Å². The lowest BCUT2D eigenvalue weighted by Crippen LogP contribution is -2.14. The number of benzene rings is 2. The molecule has 5 heteroatoms. The fourth-order valence-electron chi connectivity index (χ4n) is 1.98. The van der Waals surface area contributed by atoms with E-state index in [4.69, 9.17) is 17.3 Å². The highest BCUT2D eigenvalue weighted by atomic mass is 35.5. The van der Waals surface area contributed by atoms with Crippen LogP contribution >= 0.6 is 11.6 Å². The second-order valence-corrected chi connectivity index (χ2v) is 5.00. The molecule has 2 rings (SSSR count). The Bertz CT molecular complexity index is 596. The van der Waals surface area contributed by atoms with Gasteiger partial charge in [0.15, 0.2) is 0 Å². The molecular weight excluding hydrogens is 287 g/mol. The second kappa shape index (κ2) is 5.85. The zero-order valence-electron chi connectivity index (χ0n) is 10.5. The van der Waals surface area contributed by atoms with Gasteiger partial charge in [0.25, 0.3) is 0 Å². The van der Waals surface area contributed by atoms with E-state index >= 15 is 0 Å². The van der Waals surface area contributed by atoms with E-state index in [1.165, 1.54) is 6.07 Å². The van der Waals surface area contributed by atoms with Gasteiger partial charge in [0.1, 0.15) is 0 Å². The molecule has 0 saturated carbocycles. The zero-order valence-corrected chi connectivity index (χ0v) is 11.2. The summed E-state index contributed by atoms with van der Waals surface area (Å²) >= 11 is 5.87. The average molecular weight is 300 g/mol. The maximum atomic E-state index is 12.6. The Kier molecular flexibility index (Phi) is 4.35. The lowest BCUT2D eigenvalue weighted by Gasteiger charge is -2.14. The summed E-state index contributed by atoms with van der Waals surface area (Å²) in [6.45, 7) is 0. The first-order valence-electron chi connectivity index (χ1n) is 6.03. The number of hydrogen-bond acceptors (Lipinski definition) is 1. The van der Waals surface area contributed by atoms with Gasteiger partial charge in [-0.05, 0) is 35.7 Å². The van der Waals surface area contributed by atoms with Crippen LogP contribution in [0.2, 0.25) is 5.02 Å². The van der Waals surface area contributed by atoms with Crippen molar-refractivity contribution in [2.24, 2.45) is 5.73 Å². The van der Waals surface area contributed by atoms with Gasteiger partial charge in [0.2, 0.25) is 0 Å². The van der Waals surface area contributed by atoms with Crippen molar-refractivity contribution in [1.82, 2.24) is 0 Å². The highest BCUT2D eigenvalue weighted by Gasteiger charge is 2.30. The second-order valence-electron chi connectivity index (χ2n) is 4.56. The summed E-state index contributed by atoms with van der Waals surface area (Å²) in [4.78, 5) is 0. The third kappa shape index (κ3) is 3.74. The number of nitrogens with two attached hydrogens (primary N) is 1. The number of hydrogen-bond donors (Lipinski definition) is 1. The van der Waals surface area contributed by atoms with Crippen LogP contribution in [-0.4, -0.2) is 0 Å². The van der Waals surface area contributed by atoms with E-state index in [-0.39, 0.29) is 0 Å². The molecule has 2 N–H and O–H groups in total. The van der Waals surface area contributed by atoms with Gasteiger partial charge in [0.05, 0.1) is 5.56 Å². The highest BCUT2D eigenvalue weighted by Crippen LogP contribution is 2.30. The van der Waals surface area contributed by atoms with Crippen LogP contribution in [0.25, 0.3) is 0 Å². The van der Waals surface area contributed by atoms with Crippen LogP contribution in [0.3, 0.4) is 0 Å². The van der Waals surface area contributed by atoms with Crippen LogP contribution < -0.4 is 5.73 Å². The van der Waals surface area contributed by atoms with Gasteiger partial charge in [-0.3, -0.25) is 0 Å². The van der Waals surface area contributed by atoms with Gasteiger partial charge in [-0.1, -0.05) is 41.9 Å². The first kappa shape index (κ1) is 14.9. The summed E-state index contributed by atoms with van der Waals surface area (Å²) in [5.74, 6) is 0. The minimum absolute atomic E-state index is 0.324. The van der Waals surface area contributed by atoms with Gasteiger partial charge in [-0.25, -0.2) is 0 Å². The average Bonchev–Trinajstić information content (AvgIpc) is 2.38. The number of alkyl halides is 3. The van der Waals surface area contributed by atoms with E-state index in [2.05, 4.69) is 0 Å². The molecule has 2 aromatic rings. The van der Waals surface area contributed by atoms with E-state index < -0.39 is 17.8 Å². The minimum atomic E-state index is -4.34. The topological polar surface area (TPSA) is 26.0 Å². The highest BCUT2D eigenvalue weighted by molar-refractivity contribution is 6.30. The molecule has 0 amide bonds. The van der Waals surface area contributed by atoms with Gasteiger partial charge < -0.3 is 5.73 Å². The predicted octanol–water partition coefficient (Wildman–Crippen LogP) is 4.60. The third-order valence-electron chi connectivity index (χ3n) is 2.99. The Morgan fingerprint density at radius 1 is 1.05 bits per heavy atom. The number of halogens is 4. The van der Waals surface area contributed by atoms with Crippen molar-refractivity contribution < 1.29 is 13.2 Å². The number of rotatable bonds is 3. The monoisotopic (exact) mass is 299 g/mol. The molecule has 106 valence electrons. The summed E-state index contributed by atoms with van der Waals surface area (Å²) in [5.41, 5.74) is 6.71. The van der Waals surface area contributed by atoms with Crippen LogP contribution in [0.4, 0.5) is 13.2 Å². The van der Waals surface area contributed by atoms with Crippen molar-refractivity contribution in [3.8, 4) is 0 Å². The fourth-order valence-corrected chi connectivity index (χ4v) is 2.18. The Labute approximate surface area is 120 Å². The molecule has 0 heterocycles. The molecule has 0 fully saturated rings. The van der Waals surface area contributed by atoms with Gasteiger partial charge in [-0.15, -0.1) is 0 Å². The molecule has 0 radical (unpaired) electrons. The molecular formula is C15H13ClF3N. The Morgan fingerprint density at radius 2 is 1.75 bits per heavy atom. The minimum Gasteiger partial charge on any atom is -0.324 e. The molecule has 0 aliphatic heterocycles. The van der Waals surface area contributed by atoms with Crippen molar-refractivity contribution in [1.29, 1.82) is 0 Å². The van der Waals surface area contributed by atoms with E-state index in [1.54, 1.807) is 24.3 Å². The van der Waals surface area contributed by atoms with Crippen LogP contribution in [-0.2, 0) is 12.6 Å². The van der Waals surface area contributed by atoms with Crippen LogP contribution in [0.5, 0.6) is 0 Å². The van der Waals surface area contributed by atoms with E-state index in [0.29, 0.717) is 17.0 Å². The van der Waals surface area contributed by atoms with Crippen molar-refractivity contribution in [2.45, 2.75) is 18.6 Å². The molecule has 20 heavy (non-hydrogen) atoms. The smallest absolute Gasteiger partial charge is 0.324 e. The van der Waals surface area contributed by atoms with Crippen molar-refractivity contribution >= 4 is 11.6 Å².